The molecule has 4 nitrogen and oxygen atoms in total. The number of anilines is 1. The van der Waals surface area contributed by atoms with Gasteiger partial charge in [-0.2, -0.15) is 0 Å². The summed E-state index contributed by atoms with van der Waals surface area (Å²) in [4.78, 5) is 2.34. The van der Waals surface area contributed by atoms with Gasteiger partial charge < -0.3 is 20.7 Å². The van der Waals surface area contributed by atoms with Gasteiger partial charge in [-0.05, 0) is 32.5 Å². The van der Waals surface area contributed by atoms with Crippen molar-refractivity contribution in [1.82, 2.24) is 4.90 Å². The Bertz CT molecular complexity index is 398. The van der Waals surface area contributed by atoms with E-state index in [1.165, 1.54) is 0 Å². The Morgan fingerprint density at radius 2 is 2.22 bits per heavy atom. The van der Waals surface area contributed by atoms with Gasteiger partial charge in [0, 0.05) is 19.1 Å². The van der Waals surface area contributed by atoms with Gasteiger partial charge in [-0.15, -0.1) is 0 Å². The van der Waals surface area contributed by atoms with E-state index in [4.69, 9.17) is 10.5 Å². The van der Waals surface area contributed by atoms with Crippen LogP contribution in [0.3, 0.4) is 0 Å². The summed E-state index contributed by atoms with van der Waals surface area (Å²) < 4.78 is 5.38. The predicted molar refractivity (Wildman–Crippen MR) is 75.1 cm³/mol. The molecular weight excluding hydrogens is 226 g/mol. The SMILES string of the molecule is COc1ccccc1NC1(CN)CC(C)N(C)C1. The molecule has 1 heterocycles. The number of nitrogens with one attached hydrogen (secondary N) is 1. The Hall–Kier alpha value is -1.26. The van der Waals surface area contributed by atoms with E-state index >= 15 is 0 Å². The fraction of sp³-hybridized carbons (Fsp3) is 0.571. The molecule has 0 aromatic heterocycles. The molecule has 2 unspecified atom stereocenters. The van der Waals surface area contributed by atoms with E-state index in [9.17, 15) is 0 Å². The molecule has 0 spiro atoms. The van der Waals surface area contributed by atoms with Crippen molar-refractivity contribution in [3.63, 3.8) is 0 Å². The van der Waals surface area contributed by atoms with Crippen molar-refractivity contribution in [2.24, 2.45) is 5.73 Å². The number of rotatable bonds is 4. The second-order valence-corrected chi connectivity index (χ2v) is 5.28. The smallest absolute Gasteiger partial charge is 0.141 e. The van der Waals surface area contributed by atoms with Gasteiger partial charge in [0.15, 0.2) is 0 Å². The lowest BCUT2D eigenvalue weighted by molar-refractivity contribution is 0.323. The first-order chi connectivity index (χ1) is 8.60. The number of ether oxygens (including phenoxy) is 1. The summed E-state index contributed by atoms with van der Waals surface area (Å²) >= 11 is 0. The average molecular weight is 249 g/mol. The number of hydrogen-bond acceptors (Lipinski definition) is 4. The first-order valence-corrected chi connectivity index (χ1v) is 6.42. The van der Waals surface area contributed by atoms with E-state index in [-0.39, 0.29) is 5.54 Å². The van der Waals surface area contributed by atoms with Crippen molar-refractivity contribution < 1.29 is 4.74 Å². The number of methoxy groups -OCH3 is 1. The van der Waals surface area contributed by atoms with Gasteiger partial charge in [0.2, 0.25) is 0 Å². The summed E-state index contributed by atoms with van der Waals surface area (Å²) in [6, 6.07) is 8.55. The maximum Gasteiger partial charge on any atom is 0.141 e. The molecule has 0 saturated carbocycles. The van der Waals surface area contributed by atoms with Gasteiger partial charge in [0.25, 0.3) is 0 Å². The van der Waals surface area contributed by atoms with Gasteiger partial charge >= 0.3 is 0 Å². The third-order valence-corrected chi connectivity index (χ3v) is 3.89. The molecular formula is C14H23N3O. The van der Waals surface area contributed by atoms with Crippen LogP contribution in [0, 0.1) is 0 Å². The van der Waals surface area contributed by atoms with Crippen LogP contribution in [0.25, 0.3) is 0 Å². The number of nitrogens with zero attached hydrogens (tertiary/aromatic N) is 1. The van der Waals surface area contributed by atoms with Crippen LogP contribution in [0.4, 0.5) is 5.69 Å². The lowest BCUT2D eigenvalue weighted by Gasteiger charge is -2.30. The molecule has 1 fully saturated rings. The minimum absolute atomic E-state index is 0.0528. The molecule has 1 aliphatic heterocycles. The van der Waals surface area contributed by atoms with E-state index in [2.05, 4.69) is 24.2 Å². The van der Waals surface area contributed by atoms with Crippen molar-refractivity contribution in [1.29, 1.82) is 0 Å². The number of likely N-dealkylation sites (tertiary alicyclic amines) is 1. The molecule has 1 aromatic rings. The maximum atomic E-state index is 6.00. The summed E-state index contributed by atoms with van der Waals surface area (Å²) in [5.41, 5.74) is 6.97. The van der Waals surface area contributed by atoms with E-state index < -0.39 is 0 Å². The summed E-state index contributed by atoms with van der Waals surface area (Å²) in [5, 5.41) is 3.59. The second-order valence-electron chi connectivity index (χ2n) is 5.28. The predicted octanol–water partition coefficient (Wildman–Crippen LogP) is 1.53. The molecule has 0 aliphatic carbocycles. The Morgan fingerprint density at radius 1 is 1.50 bits per heavy atom. The molecule has 3 N–H and O–H groups in total. The number of para-hydroxylation sites is 2. The fourth-order valence-corrected chi connectivity index (χ4v) is 2.74. The van der Waals surface area contributed by atoms with Crippen molar-refractivity contribution in [2.75, 3.05) is 32.6 Å². The molecule has 2 rings (SSSR count). The molecule has 0 radical (unpaired) electrons. The summed E-state index contributed by atoms with van der Waals surface area (Å²) in [6.07, 6.45) is 1.05. The molecule has 0 bridgehead atoms. The average Bonchev–Trinajstić information content (AvgIpc) is 2.66. The molecule has 0 amide bonds. The standard InChI is InChI=1S/C14H23N3O/c1-11-8-14(9-15,10-17(11)2)16-12-6-4-5-7-13(12)18-3/h4-7,11,16H,8-10,15H2,1-3H3. The zero-order valence-corrected chi connectivity index (χ0v) is 11.4. The van der Waals surface area contributed by atoms with Crippen LogP contribution in [0.15, 0.2) is 24.3 Å². The van der Waals surface area contributed by atoms with Gasteiger partial charge in [0.1, 0.15) is 5.75 Å². The van der Waals surface area contributed by atoms with Crippen molar-refractivity contribution >= 4 is 5.69 Å². The summed E-state index contributed by atoms with van der Waals surface area (Å²) in [6.45, 7) is 3.82. The highest BCUT2D eigenvalue weighted by molar-refractivity contribution is 5.58. The normalized spacial score (nSPS) is 28.3. The third-order valence-electron chi connectivity index (χ3n) is 3.89. The maximum absolute atomic E-state index is 6.00. The van der Waals surface area contributed by atoms with Crippen LogP contribution in [0.2, 0.25) is 0 Å². The highest BCUT2D eigenvalue weighted by Crippen LogP contribution is 2.32. The van der Waals surface area contributed by atoms with E-state index in [0.717, 1.165) is 24.4 Å². The Morgan fingerprint density at radius 3 is 2.78 bits per heavy atom. The van der Waals surface area contributed by atoms with E-state index in [1.807, 2.05) is 24.3 Å². The van der Waals surface area contributed by atoms with Gasteiger partial charge in [-0.25, -0.2) is 0 Å². The van der Waals surface area contributed by atoms with Gasteiger partial charge in [-0.3, -0.25) is 0 Å². The van der Waals surface area contributed by atoms with Crippen molar-refractivity contribution in [3.8, 4) is 5.75 Å². The lowest BCUT2D eigenvalue weighted by atomic mass is 9.96. The number of hydrogen-bond donors (Lipinski definition) is 2. The minimum atomic E-state index is -0.0528. The van der Waals surface area contributed by atoms with E-state index in [0.29, 0.717) is 12.6 Å². The van der Waals surface area contributed by atoms with Crippen LogP contribution in [-0.4, -0.2) is 43.7 Å². The monoisotopic (exact) mass is 249 g/mol. The van der Waals surface area contributed by atoms with Gasteiger partial charge in [-0.1, -0.05) is 12.1 Å². The van der Waals surface area contributed by atoms with Crippen LogP contribution in [0.1, 0.15) is 13.3 Å². The summed E-state index contributed by atoms with van der Waals surface area (Å²) in [5.74, 6) is 0.868. The zero-order valence-electron chi connectivity index (χ0n) is 11.4. The second kappa shape index (κ2) is 5.16. The zero-order chi connectivity index (χ0) is 13.2. The third kappa shape index (κ3) is 2.44. The van der Waals surface area contributed by atoms with Crippen LogP contribution in [0.5, 0.6) is 5.75 Å². The van der Waals surface area contributed by atoms with Crippen molar-refractivity contribution in [3.05, 3.63) is 24.3 Å². The molecule has 4 heteroatoms. The highest BCUT2D eigenvalue weighted by Gasteiger charge is 2.39. The summed E-state index contributed by atoms with van der Waals surface area (Å²) in [7, 11) is 3.84. The number of benzene rings is 1. The molecule has 1 aromatic carbocycles. The molecule has 100 valence electrons. The first kappa shape index (κ1) is 13.2. The topological polar surface area (TPSA) is 50.5 Å². The highest BCUT2D eigenvalue weighted by atomic mass is 16.5. The Kier molecular flexibility index (Phi) is 3.78. The van der Waals surface area contributed by atoms with Crippen LogP contribution < -0.4 is 15.8 Å². The largest absolute Gasteiger partial charge is 0.495 e. The minimum Gasteiger partial charge on any atom is -0.495 e. The van der Waals surface area contributed by atoms with Crippen LogP contribution in [-0.2, 0) is 0 Å². The first-order valence-electron chi connectivity index (χ1n) is 6.42. The molecule has 1 saturated heterocycles. The number of likely N-dealkylation sites (N-methyl/N-ethyl adjacent to an activating group) is 1. The molecule has 1 aliphatic rings. The Labute approximate surface area is 109 Å². The number of nitrogens with two attached hydrogens (primary N) is 1. The molecule has 18 heavy (non-hydrogen) atoms. The Balaban J connectivity index is 2.21. The molecule has 2 atom stereocenters. The van der Waals surface area contributed by atoms with Crippen LogP contribution >= 0.6 is 0 Å². The van der Waals surface area contributed by atoms with Crippen molar-refractivity contribution in [2.45, 2.75) is 24.9 Å². The van der Waals surface area contributed by atoms with E-state index in [1.54, 1.807) is 7.11 Å². The quantitative estimate of drug-likeness (QED) is 0.849. The fourth-order valence-electron chi connectivity index (χ4n) is 2.74. The lowest BCUT2D eigenvalue weighted by Crippen LogP contribution is -2.47. The van der Waals surface area contributed by atoms with Gasteiger partial charge in [0.05, 0.1) is 18.3 Å².